The molecule has 82 valence electrons. The zero-order valence-corrected chi connectivity index (χ0v) is 8.92. The summed E-state index contributed by atoms with van der Waals surface area (Å²) in [5.74, 6) is 0. The number of rotatable bonds is 6. The molecule has 0 saturated carbocycles. The van der Waals surface area contributed by atoms with Gasteiger partial charge < -0.3 is 21.2 Å². The fourth-order valence-corrected chi connectivity index (χ4v) is 1.33. The first-order chi connectivity index (χ1) is 7.24. The Labute approximate surface area is 89.9 Å². The van der Waals surface area contributed by atoms with Crippen molar-refractivity contribution in [1.29, 1.82) is 0 Å². The van der Waals surface area contributed by atoms with Crippen molar-refractivity contribution in [2.75, 3.05) is 30.7 Å². The zero-order valence-electron chi connectivity index (χ0n) is 8.92. The molecule has 0 spiro atoms. The van der Waals surface area contributed by atoms with E-state index in [4.69, 9.17) is 5.73 Å². The molecule has 0 aliphatic rings. The minimum atomic E-state index is 0.405. The van der Waals surface area contributed by atoms with Gasteiger partial charge in [0.05, 0.1) is 6.54 Å². The third kappa shape index (κ3) is 3.99. The second-order valence-corrected chi connectivity index (χ2v) is 3.37. The maximum Gasteiger partial charge on any atom is 0.133 e. The molecule has 4 nitrogen and oxygen atoms in total. The Morgan fingerprint density at radius 1 is 1.40 bits per heavy atom. The summed E-state index contributed by atoms with van der Waals surface area (Å²) in [5, 5.41) is 6.25. The van der Waals surface area contributed by atoms with Crippen LogP contribution in [0.2, 0.25) is 0 Å². The van der Waals surface area contributed by atoms with Crippen molar-refractivity contribution in [3.05, 3.63) is 23.8 Å². The SMILES string of the molecule is Cc1cc(N)ccc1NCCNCC=O. The van der Waals surface area contributed by atoms with Crippen molar-refractivity contribution in [2.45, 2.75) is 6.92 Å². The lowest BCUT2D eigenvalue weighted by atomic mass is 10.2. The first-order valence-corrected chi connectivity index (χ1v) is 4.98. The Morgan fingerprint density at radius 2 is 2.20 bits per heavy atom. The van der Waals surface area contributed by atoms with Gasteiger partial charge in [-0.25, -0.2) is 0 Å². The summed E-state index contributed by atoms with van der Waals surface area (Å²) in [6.07, 6.45) is 0.856. The van der Waals surface area contributed by atoms with Crippen molar-refractivity contribution in [2.24, 2.45) is 0 Å². The molecule has 0 heterocycles. The topological polar surface area (TPSA) is 67.2 Å². The first kappa shape index (κ1) is 11.5. The van der Waals surface area contributed by atoms with Crippen molar-refractivity contribution < 1.29 is 4.79 Å². The minimum Gasteiger partial charge on any atom is -0.399 e. The van der Waals surface area contributed by atoms with E-state index in [1.54, 1.807) is 0 Å². The fourth-order valence-electron chi connectivity index (χ4n) is 1.33. The largest absolute Gasteiger partial charge is 0.399 e. The van der Waals surface area contributed by atoms with Crippen LogP contribution in [0.1, 0.15) is 5.56 Å². The molecule has 0 amide bonds. The van der Waals surface area contributed by atoms with Gasteiger partial charge in [-0.1, -0.05) is 0 Å². The number of nitrogen functional groups attached to an aromatic ring is 1. The van der Waals surface area contributed by atoms with Crippen molar-refractivity contribution >= 4 is 17.7 Å². The second kappa shape index (κ2) is 6.03. The van der Waals surface area contributed by atoms with Crippen LogP contribution in [-0.2, 0) is 4.79 Å². The van der Waals surface area contributed by atoms with Crippen LogP contribution >= 0.6 is 0 Å². The molecule has 0 aliphatic carbocycles. The summed E-state index contributed by atoms with van der Waals surface area (Å²) in [4.78, 5) is 10.0. The molecule has 1 aromatic rings. The summed E-state index contributed by atoms with van der Waals surface area (Å²) in [6, 6.07) is 5.76. The number of aryl methyl sites for hydroxylation is 1. The number of aldehydes is 1. The van der Waals surface area contributed by atoms with E-state index in [0.717, 1.165) is 36.3 Å². The van der Waals surface area contributed by atoms with E-state index in [1.807, 2.05) is 25.1 Å². The van der Waals surface area contributed by atoms with Crippen molar-refractivity contribution in [1.82, 2.24) is 5.32 Å². The predicted octanol–water partition coefficient (Wildman–Crippen LogP) is 0.778. The third-order valence-electron chi connectivity index (χ3n) is 2.10. The number of carbonyl (C=O) groups is 1. The first-order valence-electron chi connectivity index (χ1n) is 4.98. The van der Waals surface area contributed by atoms with Crippen LogP contribution in [0.3, 0.4) is 0 Å². The Hall–Kier alpha value is -1.55. The van der Waals surface area contributed by atoms with Crippen molar-refractivity contribution in [3.8, 4) is 0 Å². The average Bonchev–Trinajstić information content (AvgIpc) is 2.20. The van der Waals surface area contributed by atoms with Crippen LogP contribution in [-0.4, -0.2) is 25.9 Å². The van der Waals surface area contributed by atoms with Crippen molar-refractivity contribution in [3.63, 3.8) is 0 Å². The van der Waals surface area contributed by atoms with Gasteiger partial charge in [0.25, 0.3) is 0 Å². The average molecular weight is 207 g/mol. The molecule has 0 aromatic heterocycles. The van der Waals surface area contributed by atoms with E-state index in [2.05, 4.69) is 10.6 Å². The molecule has 15 heavy (non-hydrogen) atoms. The van der Waals surface area contributed by atoms with Gasteiger partial charge in [-0.05, 0) is 30.7 Å². The van der Waals surface area contributed by atoms with Gasteiger partial charge in [0.2, 0.25) is 0 Å². The second-order valence-electron chi connectivity index (χ2n) is 3.37. The fraction of sp³-hybridized carbons (Fsp3) is 0.364. The quantitative estimate of drug-likeness (QED) is 0.366. The van der Waals surface area contributed by atoms with E-state index >= 15 is 0 Å². The van der Waals surface area contributed by atoms with E-state index in [0.29, 0.717) is 6.54 Å². The number of nitrogens with two attached hydrogens (primary N) is 1. The van der Waals surface area contributed by atoms with E-state index in [-0.39, 0.29) is 0 Å². The zero-order chi connectivity index (χ0) is 11.1. The molecule has 0 bridgehead atoms. The van der Waals surface area contributed by atoms with Gasteiger partial charge in [0.1, 0.15) is 6.29 Å². The van der Waals surface area contributed by atoms with Gasteiger partial charge in [-0.15, -0.1) is 0 Å². The number of hydrogen-bond donors (Lipinski definition) is 3. The molecular formula is C11H17N3O. The Bertz CT molecular complexity index is 326. The minimum absolute atomic E-state index is 0.405. The molecule has 0 saturated heterocycles. The summed E-state index contributed by atoms with van der Waals surface area (Å²) in [5.41, 5.74) is 8.63. The van der Waals surface area contributed by atoms with E-state index in [9.17, 15) is 4.79 Å². The molecular weight excluding hydrogens is 190 g/mol. The molecule has 4 heteroatoms. The molecule has 0 atom stereocenters. The van der Waals surface area contributed by atoms with Crippen LogP contribution in [0.25, 0.3) is 0 Å². The van der Waals surface area contributed by atoms with Gasteiger partial charge in [-0.2, -0.15) is 0 Å². The maximum atomic E-state index is 10.0. The lowest BCUT2D eigenvalue weighted by Gasteiger charge is -2.09. The molecule has 1 rings (SSSR count). The smallest absolute Gasteiger partial charge is 0.133 e. The molecule has 0 fully saturated rings. The number of nitrogens with one attached hydrogen (secondary N) is 2. The lowest BCUT2D eigenvalue weighted by molar-refractivity contribution is -0.107. The third-order valence-corrected chi connectivity index (χ3v) is 2.10. The highest BCUT2D eigenvalue weighted by Crippen LogP contribution is 2.16. The Balaban J connectivity index is 2.34. The number of benzene rings is 1. The van der Waals surface area contributed by atoms with Gasteiger partial charge in [0, 0.05) is 24.5 Å². The van der Waals surface area contributed by atoms with Gasteiger partial charge in [0.15, 0.2) is 0 Å². The summed E-state index contributed by atoms with van der Waals surface area (Å²) < 4.78 is 0. The summed E-state index contributed by atoms with van der Waals surface area (Å²) in [7, 11) is 0. The highest BCUT2D eigenvalue weighted by molar-refractivity contribution is 5.57. The highest BCUT2D eigenvalue weighted by Gasteiger charge is 1.96. The van der Waals surface area contributed by atoms with Gasteiger partial charge in [-0.3, -0.25) is 0 Å². The molecule has 0 radical (unpaired) electrons. The van der Waals surface area contributed by atoms with Crippen LogP contribution in [0, 0.1) is 6.92 Å². The van der Waals surface area contributed by atoms with Crippen LogP contribution in [0.15, 0.2) is 18.2 Å². The summed E-state index contributed by atoms with van der Waals surface area (Å²) >= 11 is 0. The normalized spacial score (nSPS) is 9.93. The Kier molecular flexibility index (Phi) is 4.63. The Morgan fingerprint density at radius 3 is 2.87 bits per heavy atom. The standard InChI is InChI=1S/C11H17N3O/c1-9-8-10(12)2-3-11(9)14-5-4-13-6-7-15/h2-3,7-8,13-14H,4-6,12H2,1H3. The van der Waals surface area contributed by atoms with E-state index < -0.39 is 0 Å². The predicted molar refractivity (Wildman–Crippen MR) is 63.0 cm³/mol. The molecule has 4 N–H and O–H groups in total. The maximum absolute atomic E-state index is 10.0. The van der Waals surface area contributed by atoms with E-state index in [1.165, 1.54) is 0 Å². The molecule has 1 aromatic carbocycles. The highest BCUT2D eigenvalue weighted by atomic mass is 16.1. The summed E-state index contributed by atoms with van der Waals surface area (Å²) in [6.45, 7) is 3.97. The molecule has 0 unspecified atom stereocenters. The van der Waals surface area contributed by atoms with Crippen LogP contribution in [0.4, 0.5) is 11.4 Å². The number of anilines is 2. The van der Waals surface area contributed by atoms with Crippen LogP contribution < -0.4 is 16.4 Å². The monoisotopic (exact) mass is 207 g/mol. The van der Waals surface area contributed by atoms with Gasteiger partial charge >= 0.3 is 0 Å². The molecule has 0 aliphatic heterocycles. The lowest BCUT2D eigenvalue weighted by Crippen LogP contribution is -2.23. The van der Waals surface area contributed by atoms with Crippen LogP contribution in [0.5, 0.6) is 0 Å². The number of carbonyl (C=O) groups excluding carboxylic acids is 1. The number of hydrogen-bond acceptors (Lipinski definition) is 4.